The highest BCUT2D eigenvalue weighted by atomic mass is 32.2. The Balaban J connectivity index is 2.21. The predicted molar refractivity (Wildman–Crippen MR) is 115 cm³/mol. The first-order chi connectivity index (χ1) is 14.5. The summed E-state index contributed by atoms with van der Waals surface area (Å²) in [4.78, 5) is 16.7. The van der Waals surface area contributed by atoms with E-state index in [-0.39, 0.29) is 35.8 Å². The van der Waals surface area contributed by atoms with Gasteiger partial charge in [0.15, 0.2) is 5.13 Å². The van der Waals surface area contributed by atoms with E-state index in [0.717, 1.165) is 21.9 Å². The number of rotatable bonds is 10. The van der Waals surface area contributed by atoms with E-state index < -0.39 is 34.2 Å². The minimum atomic E-state index is -3.54. The molecule has 0 aliphatic heterocycles. The van der Waals surface area contributed by atoms with Crippen molar-refractivity contribution in [1.82, 2.24) is 10.3 Å². The molecule has 10 nitrogen and oxygen atoms in total. The molecule has 0 saturated heterocycles. The van der Waals surface area contributed by atoms with Crippen LogP contribution in [0.5, 0.6) is 5.75 Å². The number of carbonyl (C=O) groups excluding carboxylic acids is 1. The van der Waals surface area contributed by atoms with E-state index >= 15 is 0 Å². The second-order valence-electron chi connectivity index (χ2n) is 6.95. The topological polar surface area (TPSA) is 164 Å². The fourth-order valence-electron chi connectivity index (χ4n) is 2.69. The maximum absolute atomic E-state index is 12.7. The van der Waals surface area contributed by atoms with E-state index in [2.05, 4.69) is 10.3 Å². The number of carbonyl (C=O) groups is 1. The molecule has 31 heavy (non-hydrogen) atoms. The number of aliphatic hydroxyl groups is 2. The van der Waals surface area contributed by atoms with Crippen molar-refractivity contribution in [3.8, 4) is 11.8 Å². The van der Waals surface area contributed by atoms with Gasteiger partial charge in [0.05, 0.1) is 24.5 Å². The van der Waals surface area contributed by atoms with Gasteiger partial charge in [0.2, 0.25) is 10.0 Å². The highest BCUT2D eigenvalue weighted by molar-refractivity contribution is 7.92. The van der Waals surface area contributed by atoms with Gasteiger partial charge in [0, 0.05) is 18.8 Å². The molecule has 1 heterocycles. The first kappa shape index (κ1) is 24.5. The molecule has 0 radical (unpaired) electrons. The van der Waals surface area contributed by atoms with Crippen LogP contribution < -0.4 is 9.62 Å². The molecule has 0 saturated carbocycles. The Morgan fingerprint density at radius 3 is 2.55 bits per heavy atom. The van der Waals surface area contributed by atoms with Crippen LogP contribution in [0.3, 0.4) is 0 Å². The first-order valence-corrected chi connectivity index (χ1v) is 12.0. The predicted octanol–water partition coefficient (Wildman–Crippen LogP) is 0.611. The highest BCUT2D eigenvalue weighted by Gasteiger charge is 2.29. The quantitative estimate of drug-likeness (QED) is 0.394. The molecule has 1 amide bonds. The van der Waals surface area contributed by atoms with Crippen molar-refractivity contribution in [1.29, 1.82) is 5.26 Å². The maximum Gasteiger partial charge on any atom is 0.271 e. The molecule has 1 aromatic carbocycles. The number of hydrogen-bond acceptors (Lipinski definition) is 9. The lowest BCUT2D eigenvalue weighted by molar-refractivity contribution is -0.00646. The van der Waals surface area contributed by atoms with E-state index in [0.29, 0.717) is 5.56 Å². The molecular weight excluding hydrogens is 444 g/mol. The summed E-state index contributed by atoms with van der Waals surface area (Å²) >= 11 is 0.970. The molecule has 12 heteroatoms. The van der Waals surface area contributed by atoms with Gasteiger partial charge in [-0.2, -0.15) is 5.26 Å². The number of aliphatic hydroxyl groups excluding tert-OH is 2. The van der Waals surface area contributed by atoms with Gasteiger partial charge in [-0.25, -0.2) is 17.7 Å². The number of nitrogens with zero attached hydrogens (tertiary/aromatic N) is 3. The number of phenols is 1. The Morgan fingerprint density at radius 1 is 1.32 bits per heavy atom. The molecule has 0 aliphatic rings. The standard InChI is InChI=1S/C19H24N4O6S2/c1-23(31(2,28)29)19-22-15(11-30-19)18(27)21-14(17(26)16(25)4-3-9-20)10-12-5-7-13(24)8-6-12/h5-8,11,14,16-17,24-26H,3-4,10H2,1-2H3,(H,21,27). The third-order valence-electron chi connectivity index (χ3n) is 4.56. The van der Waals surface area contributed by atoms with E-state index in [1.807, 2.05) is 6.07 Å². The summed E-state index contributed by atoms with van der Waals surface area (Å²) < 4.78 is 24.3. The summed E-state index contributed by atoms with van der Waals surface area (Å²) in [5.74, 6) is -0.594. The van der Waals surface area contributed by atoms with Crippen molar-refractivity contribution in [2.45, 2.75) is 37.5 Å². The smallest absolute Gasteiger partial charge is 0.271 e. The molecular formula is C19H24N4O6S2. The summed E-state index contributed by atoms with van der Waals surface area (Å²) in [7, 11) is -2.22. The van der Waals surface area contributed by atoms with Gasteiger partial charge in [-0.05, 0) is 30.5 Å². The average Bonchev–Trinajstić information content (AvgIpc) is 3.21. The summed E-state index contributed by atoms with van der Waals surface area (Å²) in [6.07, 6.45) is -1.41. The molecule has 0 fully saturated rings. The van der Waals surface area contributed by atoms with Crippen LogP contribution in [0, 0.1) is 11.3 Å². The zero-order valence-corrected chi connectivity index (χ0v) is 18.6. The van der Waals surface area contributed by atoms with E-state index in [9.17, 15) is 28.5 Å². The molecule has 0 spiro atoms. The minimum absolute atomic E-state index is 0.0274. The lowest BCUT2D eigenvalue weighted by Gasteiger charge is -2.27. The molecule has 3 unspecified atom stereocenters. The second kappa shape index (κ2) is 10.5. The van der Waals surface area contributed by atoms with Gasteiger partial charge < -0.3 is 20.6 Å². The number of amides is 1. The van der Waals surface area contributed by atoms with Crippen molar-refractivity contribution in [2.75, 3.05) is 17.6 Å². The average molecular weight is 469 g/mol. The number of nitriles is 1. The van der Waals surface area contributed by atoms with Gasteiger partial charge in [0.25, 0.3) is 5.91 Å². The zero-order chi connectivity index (χ0) is 23.2. The number of aromatic nitrogens is 1. The van der Waals surface area contributed by atoms with Crippen molar-refractivity contribution < 1.29 is 28.5 Å². The summed E-state index contributed by atoms with van der Waals surface area (Å²) in [5.41, 5.74) is 0.648. The van der Waals surface area contributed by atoms with Crippen LogP contribution in [0.25, 0.3) is 0 Å². The molecule has 0 bridgehead atoms. The maximum atomic E-state index is 12.7. The monoisotopic (exact) mass is 468 g/mol. The Kier molecular flexibility index (Phi) is 8.35. The molecule has 0 aliphatic carbocycles. The van der Waals surface area contributed by atoms with Crippen LogP contribution in [-0.2, 0) is 16.4 Å². The Hall–Kier alpha value is -2.72. The Labute approximate surface area is 184 Å². The van der Waals surface area contributed by atoms with Crippen LogP contribution in [-0.4, -0.2) is 66.2 Å². The summed E-state index contributed by atoms with van der Waals surface area (Å²) in [5, 5.41) is 43.1. The van der Waals surface area contributed by atoms with Crippen molar-refractivity contribution in [3.05, 3.63) is 40.9 Å². The number of sulfonamides is 1. The summed E-state index contributed by atoms with van der Waals surface area (Å²) in [6, 6.07) is 7.11. The van der Waals surface area contributed by atoms with Crippen LogP contribution in [0.4, 0.5) is 5.13 Å². The van der Waals surface area contributed by atoms with Gasteiger partial charge in [0.1, 0.15) is 17.5 Å². The number of hydrogen-bond donors (Lipinski definition) is 4. The molecule has 168 valence electrons. The second-order valence-corrected chi connectivity index (χ2v) is 9.80. The van der Waals surface area contributed by atoms with Crippen LogP contribution >= 0.6 is 11.3 Å². The van der Waals surface area contributed by atoms with Crippen LogP contribution in [0.15, 0.2) is 29.6 Å². The van der Waals surface area contributed by atoms with Crippen LogP contribution in [0.2, 0.25) is 0 Å². The molecule has 4 N–H and O–H groups in total. The molecule has 2 rings (SSSR count). The number of anilines is 1. The fourth-order valence-corrected chi connectivity index (χ4v) is 4.23. The number of thiazole rings is 1. The Bertz CT molecular complexity index is 1030. The normalized spacial score (nSPS) is 14.3. The highest BCUT2D eigenvalue weighted by Crippen LogP contribution is 2.22. The zero-order valence-electron chi connectivity index (χ0n) is 17.0. The first-order valence-electron chi connectivity index (χ1n) is 9.24. The third kappa shape index (κ3) is 6.90. The lowest BCUT2D eigenvalue weighted by Crippen LogP contribution is -2.49. The van der Waals surface area contributed by atoms with Gasteiger partial charge in [-0.3, -0.25) is 4.79 Å². The number of benzene rings is 1. The van der Waals surface area contributed by atoms with Crippen molar-refractivity contribution in [2.24, 2.45) is 0 Å². The largest absolute Gasteiger partial charge is 0.508 e. The van der Waals surface area contributed by atoms with Crippen molar-refractivity contribution in [3.63, 3.8) is 0 Å². The fraction of sp³-hybridized carbons (Fsp3) is 0.421. The number of aromatic hydroxyl groups is 1. The SMILES string of the molecule is CN(c1nc(C(=O)NC(Cc2ccc(O)cc2)C(O)C(O)CCC#N)cs1)S(C)(=O)=O. The van der Waals surface area contributed by atoms with Gasteiger partial charge >= 0.3 is 0 Å². The van der Waals surface area contributed by atoms with Crippen LogP contribution in [0.1, 0.15) is 28.9 Å². The number of phenolic OH excluding ortho intramolecular Hbond substituents is 1. The molecule has 3 atom stereocenters. The minimum Gasteiger partial charge on any atom is -0.508 e. The number of nitrogens with one attached hydrogen (secondary N) is 1. The van der Waals surface area contributed by atoms with E-state index in [1.54, 1.807) is 12.1 Å². The molecule has 1 aromatic heterocycles. The summed E-state index contributed by atoms with van der Waals surface area (Å²) in [6.45, 7) is 0. The van der Waals surface area contributed by atoms with E-state index in [4.69, 9.17) is 5.26 Å². The van der Waals surface area contributed by atoms with Gasteiger partial charge in [-0.15, -0.1) is 11.3 Å². The molecule has 2 aromatic rings. The van der Waals surface area contributed by atoms with Crippen molar-refractivity contribution >= 4 is 32.4 Å². The van der Waals surface area contributed by atoms with E-state index in [1.165, 1.54) is 24.6 Å². The lowest BCUT2D eigenvalue weighted by atomic mass is 9.95. The Morgan fingerprint density at radius 2 is 1.97 bits per heavy atom. The van der Waals surface area contributed by atoms with Gasteiger partial charge in [-0.1, -0.05) is 12.1 Å². The third-order valence-corrected chi connectivity index (χ3v) is 6.76.